The van der Waals surface area contributed by atoms with E-state index in [1.54, 1.807) is 6.07 Å². The monoisotopic (exact) mass is 262 g/mol. The van der Waals surface area contributed by atoms with Gasteiger partial charge in [-0.1, -0.05) is 11.6 Å². The number of aromatic nitrogens is 1. The Bertz CT molecular complexity index is 485. The molecule has 0 saturated heterocycles. The highest BCUT2D eigenvalue weighted by molar-refractivity contribution is 6.31. The Labute approximate surface area is 104 Å². The van der Waals surface area contributed by atoms with E-state index in [-0.39, 0.29) is 12.4 Å². The zero-order valence-corrected chi connectivity index (χ0v) is 10.3. The first-order valence-corrected chi connectivity index (χ1v) is 4.98. The number of hydrogen-bond donors (Lipinski definition) is 1. The molecule has 88 valence electrons. The van der Waals surface area contributed by atoms with E-state index in [0.29, 0.717) is 29.6 Å². The molecule has 2 N–H and O–H groups in total. The van der Waals surface area contributed by atoms with Crippen molar-refractivity contribution < 1.29 is 9.26 Å². The summed E-state index contributed by atoms with van der Waals surface area (Å²) >= 11 is 5.94. The van der Waals surface area contributed by atoms with Crippen LogP contribution in [0.2, 0.25) is 5.02 Å². The maximum Gasteiger partial charge on any atom is 0.262 e. The van der Waals surface area contributed by atoms with Gasteiger partial charge in [-0.25, -0.2) is 0 Å². The first-order chi connectivity index (χ1) is 7.22. The van der Waals surface area contributed by atoms with Crippen LogP contribution in [0.25, 0.3) is 11.0 Å². The molecule has 16 heavy (non-hydrogen) atoms. The summed E-state index contributed by atoms with van der Waals surface area (Å²) in [6, 6.07) is 3.59. The highest BCUT2D eigenvalue weighted by Crippen LogP contribution is 2.30. The van der Waals surface area contributed by atoms with Crippen molar-refractivity contribution in [3.63, 3.8) is 0 Å². The quantitative estimate of drug-likeness (QED) is 0.924. The lowest BCUT2D eigenvalue weighted by molar-refractivity contribution is 0.293. The van der Waals surface area contributed by atoms with Crippen LogP contribution in [0, 0.1) is 6.92 Å². The molecule has 2 rings (SSSR count). The SMILES string of the molecule is Cc1cc(Cl)cc2c(OCCN)noc12.Cl. The molecule has 0 aliphatic heterocycles. The summed E-state index contributed by atoms with van der Waals surface area (Å²) in [6.07, 6.45) is 0. The molecule has 0 atom stereocenters. The Balaban J connectivity index is 0.00000128. The summed E-state index contributed by atoms with van der Waals surface area (Å²) in [4.78, 5) is 0. The van der Waals surface area contributed by atoms with Gasteiger partial charge in [0.1, 0.15) is 6.61 Å². The van der Waals surface area contributed by atoms with Gasteiger partial charge in [0.2, 0.25) is 0 Å². The lowest BCUT2D eigenvalue weighted by Gasteiger charge is -1.99. The molecule has 0 unspecified atom stereocenters. The normalized spacial score (nSPS) is 10.2. The molecule has 4 nitrogen and oxygen atoms in total. The van der Waals surface area contributed by atoms with Gasteiger partial charge in [0, 0.05) is 11.6 Å². The number of halogens is 2. The van der Waals surface area contributed by atoms with Crippen molar-refractivity contribution in [3.05, 3.63) is 22.7 Å². The van der Waals surface area contributed by atoms with Crippen molar-refractivity contribution in [1.29, 1.82) is 0 Å². The molecule has 0 aliphatic rings. The number of aryl methyl sites for hydroxylation is 1. The molecule has 6 heteroatoms. The lowest BCUT2D eigenvalue weighted by atomic mass is 10.2. The highest BCUT2D eigenvalue weighted by atomic mass is 35.5. The van der Waals surface area contributed by atoms with Crippen LogP contribution in [-0.2, 0) is 0 Å². The van der Waals surface area contributed by atoms with Crippen molar-refractivity contribution in [3.8, 4) is 5.88 Å². The average molecular weight is 263 g/mol. The van der Waals surface area contributed by atoms with E-state index < -0.39 is 0 Å². The van der Waals surface area contributed by atoms with Crippen LogP contribution < -0.4 is 10.5 Å². The first-order valence-electron chi connectivity index (χ1n) is 4.61. The fourth-order valence-corrected chi connectivity index (χ4v) is 1.68. The Morgan fingerprint density at radius 1 is 1.50 bits per heavy atom. The minimum absolute atomic E-state index is 0. The summed E-state index contributed by atoms with van der Waals surface area (Å²) in [7, 11) is 0. The van der Waals surface area contributed by atoms with Gasteiger partial charge in [-0.05, 0) is 29.8 Å². The number of fused-ring (bicyclic) bond motifs is 1. The molecular formula is C10H12Cl2N2O2. The Hall–Kier alpha value is -0.970. The van der Waals surface area contributed by atoms with E-state index in [0.717, 1.165) is 10.9 Å². The largest absolute Gasteiger partial charge is 0.474 e. The molecular weight excluding hydrogens is 251 g/mol. The van der Waals surface area contributed by atoms with Crippen molar-refractivity contribution in [2.24, 2.45) is 5.73 Å². The van der Waals surface area contributed by atoms with E-state index >= 15 is 0 Å². The third kappa shape index (κ3) is 2.40. The maximum absolute atomic E-state index is 5.94. The molecule has 0 bridgehead atoms. The van der Waals surface area contributed by atoms with Crippen molar-refractivity contribution >= 4 is 35.0 Å². The van der Waals surface area contributed by atoms with Crippen LogP contribution in [0.4, 0.5) is 0 Å². The number of rotatable bonds is 3. The molecule has 0 radical (unpaired) electrons. The van der Waals surface area contributed by atoms with E-state index in [9.17, 15) is 0 Å². The second kappa shape index (κ2) is 5.39. The van der Waals surface area contributed by atoms with Crippen LogP contribution >= 0.6 is 24.0 Å². The number of benzene rings is 1. The van der Waals surface area contributed by atoms with Crippen LogP contribution in [0.3, 0.4) is 0 Å². The van der Waals surface area contributed by atoms with E-state index in [1.807, 2.05) is 13.0 Å². The number of nitrogens with zero attached hydrogens (tertiary/aromatic N) is 1. The fraction of sp³-hybridized carbons (Fsp3) is 0.300. The third-order valence-electron chi connectivity index (χ3n) is 2.05. The molecule has 2 aromatic rings. The van der Waals surface area contributed by atoms with Crippen molar-refractivity contribution in [1.82, 2.24) is 5.16 Å². The zero-order chi connectivity index (χ0) is 10.8. The summed E-state index contributed by atoms with van der Waals surface area (Å²) < 4.78 is 10.5. The highest BCUT2D eigenvalue weighted by Gasteiger charge is 2.12. The van der Waals surface area contributed by atoms with Crippen LogP contribution in [0.1, 0.15) is 5.56 Å². The maximum atomic E-state index is 5.94. The number of ether oxygens (including phenoxy) is 1. The van der Waals surface area contributed by atoms with Gasteiger partial charge in [0.25, 0.3) is 5.88 Å². The summed E-state index contributed by atoms with van der Waals surface area (Å²) in [5.74, 6) is 0.445. The number of hydrogen-bond acceptors (Lipinski definition) is 4. The van der Waals surface area contributed by atoms with Crippen LogP contribution in [0.5, 0.6) is 5.88 Å². The van der Waals surface area contributed by atoms with E-state index in [1.165, 1.54) is 0 Å². The predicted octanol–water partition coefficient (Wildman–Crippen LogP) is 2.55. The van der Waals surface area contributed by atoms with Gasteiger partial charge in [-0.2, -0.15) is 0 Å². The Morgan fingerprint density at radius 3 is 2.94 bits per heavy atom. The summed E-state index contributed by atoms with van der Waals surface area (Å²) in [5.41, 5.74) is 6.98. The van der Waals surface area contributed by atoms with Gasteiger partial charge in [-0.15, -0.1) is 12.4 Å². The molecule has 0 amide bonds. The van der Waals surface area contributed by atoms with E-state index in [4.69, 9.17) is 26.6 Å². The van der Waals surface area contributed by atoms with Gasteiger partial charge >= 0.3 is 0 Å². The van der Waals surface area contributed by atoms with Gasteiger partial charge in [0.15, 0.2) is 5.58 Å². The van der Waals surface area contributed by atoms with Crippen LogP contribution in [0.15, 0.2) is 16.7 Å². The topological polar surface area (TPSA) is 61.3 Å². The van der Waals surface area contributed by atoms with E-state index in [2.05, 4.69) is 5.16 Å². The predicted molar refractivity (Wildman–Crippen MR) is 65.6 cm³/mol. The van der Waals surface area contributed by atoms with Crippen molar-refractivity contribution in [2.75, 3.05) is 13.2 Å². The summed E-state index contributed by atoms with van der Waals surface area (Å²) in [6.45, 7) is 2.76. The third-order valence-corrected chi connectivity index (χ3v) is 2.26. The Morgan fingerprint density at radius 2 is 2.25 bits per heavy atom. The Kier molecular flexibility index (Phi) is 4.41. The average Bonchev–Trinajstić information content (AvgIpc) is 2.58. The molecule has 1 aromatic heterocycles. The molecule has 1 aromatic carbocycles. The first kappa shape index (κ1) is 13.1. The standard InChI is InChI=1S/C10H11ClN2O2.ClH/c1-6-4-7(11)5-8-9(6)15-13-10(8)14-3-2-12;/h4-5H,2-3,12H2,1H3;1H. The zero-order valence-electron chi connectivity index (χ0n) is 8.70. The molecule has 0 fully saturated rings. The summed E-state index contributed by atoms with van der Waals surface area (Å²) in [5, 5.41) is 5.25. The number of nitrogens with two attached hydrogens (primary N) is 1. The van der Waals surface area contributed by atoms with Gasteiger partial charge in [0.05, 0.1) is 5.39 Å². The molecule has 0 saturated carbocycles. The van der Waals surface area contributed by atoms with Crippen molar-refractivity contribution in [2.45, 2.75) is 6.92 Å². The minimum Gasteiger partial charge on any atom is -0.474 e. The van der Waals surface area contributed by atoms with Gasteiger partial charge < -0.3 is 15.0 Å². The molecule has 0 aliphatic carbocycles. The van der Waals surface area contributed by atoms with Crippen LogP contribution in [-0.4, -0.2) is 18.3 Å². The molecule has 0 spiro atoms. The smallest absolute Gasteiger partial charge is 0.262 e. The minimum atomic E-state index is 0. The van der Waals surface area contributed by atoms with Gasteiger partial charge in [-0.3, -0.25) is 0 Å². The fourth-order valence-electron chi connectivity index (χ4n) is 1.41. The second-order valence-electron chi connectivity index (χ2n) is 3.22. The second-order valence-corrected chi connectivity index (χ2v) is 3.66. The lowest BCUT2D eigenvalue weighted by Crippen LogP contribution is -2.10. The molecule has 1 heterocycles.